The van der Waals surface area contributed by atoms with Gasteiger partial charge in [0.15, 0.2) is 0 Å². The molecule has 0 spiro atoms. The van der Waals surface area contributed by atoms with Crippen molar-refractivity contribution in [2.24, 2.45) is 5.92 Å². The number of aryl methyl sites for hydroxylation is 1. The Morgan fingerprint density at radius 3 is 2.35 bits per heavy atom. The molecule has 2 aromatic carbocycles. The summed E-state index contributed by atoms with van der Waals surface area (Å²) in [7, 11) is 1.71. The molecule has 1 unspecified atom stereocenters. The summed E-state index contributed by atoms with van der Waals surface area (Å²) in [5.74, 6) is 4.04. The number of fused-ring (bicyclic) bond motifs is 2. The molecule has 0 saturated heterocycles. The van der Waals surface area contributed by atoms with Gasteiger partial charge in [0.25, 0.3) is 0 Å². The minimum absolute atomic E-state index is 0.459. The van der Waals surface area contributed by atoms with Gasteiger partial charge in [-0.1, -0.05) is 37.5 Å². The Labute approximate surface area is 138 Å². The van der Waals surface area contributed by atoms with E-state index in [0.717, 1.165) is 23.2 Å². The summed E-state index contributed by atoms with van der Waals surface area (Å²) in [5, 5.41) is 0. The summed E-state index contributed by atoms with van der Waals surface area (Å²) in [6, 6.07) is 13.0. The van der Waals surface area contributed by atoms with Gasteiger partial charge >= 0.3 is 0 Å². The van der Waals surface area contributed by atoms with E-state index in [9.17, 15) is 0 Å². The molecule has 120 valence electrons. The lowest BCUT2D eigenvalue weighted by molar-refractivity contribution is 0.308. The third kappa shape index (κ3) is 2.60. The van der Waals surface area contributed by atoms with Crippen molar-refractivity contribution < 1.29 is 9.47 Å². The average molecular weight is 308 g/mol. The van der Waals surface area contributed by atoms with Gasteiger partial charge in [0.05, 0.1) is 7.11 Å². The number of ether oxygens (including phenoxy) is 2. The molecule has 0 aromatic heterocycles. The van der Waals surface area contributed by atoms with Crippen LogP contribution < -0.4 is 9.47 Å². The fraction of sp³-hybridized carbons (Fsp3) is 0.429. The molecule has 1 aliphatic heterocycles. The number of hydrogen-bond donors (Lipinski definition) is 0. The standard InChI is InChI=1S/C21H24O2/c1-14-8-10-17-19(12-14)23-20-13-16(22-2)9-11-18(20)21(17)15-6-4-3-5-7-15/h8-13,15,21H,3-7H2,1-2H3. The smallest absolute Gasteiger partial charge is 0.134 e. The Kier molecular flexibility index (Phi) is 3.76. The average Bonchev–Trinajstić information content (AvgIpc) is 2.59. The van der Waals surface area contributed by atoms with Gasteiger partial charge < -0.3 is 9.47 Å². The first-order chi connectivity index (χ1) is 11.3. The molecule has 2 heteroatoms. The predicted octanol–water partition coefficient (Wildman–Crippen LogP) is 5.82. The van der Waals surface area contributed by atoms with Gasteiger partial charge in [0, 0.05) is 23.1 Å². The molecule has 1 aliphatic carbocycles. The molecule has 0 N–H and O–H groups in total. The quantitative estimate of drug-likeness (QED) is 0.695. The van der Waals surface area contributed by atoms with Crippen molar-refractivity contribution in [2.45, 2.75) is 44.9 Å². The second-order valence-corrected chi connectivity index (χ2v) is 6.92. The number of methoxy groups -OCH3 is 1. The lowest BCUT2D eigenvalue weighted by atomic mass is 9.72. The van der Waals surface area contributed by atoms with Crippen molar-refractivity contribution in [3.8, 4) is 17.2 Å². The van der Waals surface area contributed by atoms with E-state index in [1.54, 1.807) is 7.11 Å². The lowest BCUT2D eigenvalue weighted by Crippen LogP contribution is -2.21. The molecule has 1 saturated carbocycles. The summed E-state index contributed by atoms with van der Waals surface area (Å²) >= 11 is 0. The van der Waals surface area contributed by atoms with Crippen molar-refractivity contribution in [3.63, 3.8) is 0 Å². The second kappa shape index (κ2) is 5.92. The summed E-state index contributed by atoms with van der Waals surface area (Å²) in [6.45, 7) is 2.13. The van der Waals surface area contributed by atoms with E-state index in [4.69, 9.17) is 9.47 Å². The second-order valence-electron chi connectivity index (χ2n) is 6.92. The zero-order valence-electron chi connectivity index (χ0n) is 14.0. The Bertz CT molecular complexity index is 714. The van der Waals surface area contributed by atoms with Crippen LogP contribution in [0.2, 0.25) is 0 Å². The highest BCUT2D eigenvalue weighted by Crippen LogP contribution is 2.51. The highest BCUT2D eigenvalue weighted by molar-refractivity contribution is 5.56. The molecule has 2 aliphatic rings. The summed E-state index contributed by atoms with van der Waals surface area (Å²) < 4.78 is 11.6. The molecule has 0 amide bonds. The molecule has 0 bridgehead atoms. The van der Waals surface area contributed by atoms with E-state index in [0.29, 0.717) is 5.92 Å². The maximum Gasteiger partial charge on any atom is 0.134 e. The Morgan fingerprint density at radius 2 is 1.61 bits per heavy atom. The van der Waals surface area contributed by atoms with Crippen molar-refractivity contribution >= 4 is 0 Å². The molecule has 1 heterocycles. The van der Waals surface area contributed by atoms with Crippen LogP contribution in [0, 0.1) is 12.8 Å². The van der Waals surface area contributed by atoms with Crippen molar-refractivity contribution in [3.05, 3.63) is 53.1 Å². The van der Waals surface area contributed by atoms with E-state index in [2.05, 4.69) is 37.3 Å². The van der Waals surface area contributed by atoms with Crippen molar-refractivity contribution in [1.82, 2.24) is 0 Å². The fourth-order valence-corrected chi connectivity index (χ4v) is 4.24. The van der Waals surface area contributed by atoms with Crippen molar-refractivity contribution in [1.29, 1.82) is 0 Å². The Hall–Kier alpha value is -1.96. The van der Waals surface area contributed by atoms with Crippen LogP contribution in [-0.2, 0) is 0 Å². The zero-order chi connectivity index (χ0) is 15.8. The maximum atomic E-state index is 6.24. The molecular formula is C21H24O2. The topological polar surface area (TPSA) is 18.5 Å². The summed E-state index contributed by atoms with van der Waals surface area (Å²) in [5.41, 5.74) is 3.94. The molecular weight excluding hydrogens is 284 g/mol. The molecule has 23 heavy (non-hydrogen) atoms. The van der Waals surface area contributed by atoms with Crippen LogP contribution in [-0.4, -0.2) is 7.11 Å². The summed E-state index contributed by atoms with van der Waals surface area (Å²) in [6.07, 6.45) is 6.74. The highest BCUT2D eigenvalue weighted by Gasteiger charge is 2.34. The summed E-state index contributed by atoms with van der Waals surface area (Å²) in [4.78, 5) is 0. The van der Waals surface area contributed by atoms with Gasteiger partial charge in [-0.25, -0.2) is 0 Å². The van der Waals surface area contributed by atoms with Gasteiger partial charge in [-0.3, -0.25) is 0 Å². The zero-order valence-corrected chi connectivity index (χ0v) is 14.0. The molecule has 1 fully saturated rings. The number of rotatable bonds is 2. The Morgan fingerprint density at radius 1 is 0.913 bits per heavy atom. The van der Waals surface area contributed by atoms with E-state index in [1.165, 1.54) is 48.8 Å². The van der Waals surface area contributed by atoms with Crippen LogP contribution in [0.5, 0.6) is 17.2 Å². The first-order valence-corrected chi connectivity index (χ1v) is 8.72. The molecule has 0 radical (unpaired) electrons. The first-order valence-electron chi connectivity index (χ1n) is 8.72. The minimum atomic E-state index is 0.459. The predicted molar refractivity (Wildman–Crippen MR) is 92.7 cm³/mol. The number of benzene rings is 2. The van der Waals surface area contributed by atoms with E-state index in [1.807, 2.05) is 6.07 Å². The molecule has 1 atom stereocenters. The van der Waals surface area contributed by atoms with Gasteiger partial charge in [0.2, 0.25) is 0 Å². The first kappa shape index (κ1) is 14.6. The number of hydrogen-bond acceptors (Lipinski definition) is 2. The third-order valence-corrected chi connectivity index (χ3v) is 5.40. The van der Waals surface area contributed by atoms with Crippen LogP contribution in [0.25, 0.3) is 0 Å². The molecule has 2 aromatic rings. The Balaban J connectivity index is 1.83. The highest BCUT2D eigenvalue weighted by atomic mass is 16.5. The van der Waals surface area contributed by atoms with Gasteiger partial charge in [-0.2, -0.15) is 0 Å². The van der Waals surface area contributed by atoms with Crippen LogP contribution in [0.1, 0.15) is 54.7 Å². The van der Waals surface area contributed by atoms with E-state index < -0.39 is 0 Å². The van der Waals surface area contributed by atoms with Crippen LogP contribution in [0.4, 0.5) is 0 Å². The largest absolute Gasteiger partial charge is 0.497 e. The van der Waals surface area contributed by atoms with Crippen LogP contribution in [0.3, 0.4) is 0 Å². The SMILES string of the molecule is COc1ccc2c(c1)Oc1cc(C)ccc1C2C1CCCCC1. The fourth-order valence-electron chi connectivity index (χ4n) is 4.24. The van der Waals surface area contributed by atoms with Gasteiger partial charge in [0.1, 0.15) is 17.2 Å². The van der Waals surface area contributed by atoms with Crippen molar-refractivity contribution in [2.75, 3.05) is 7.11 Å². The molecule has 4 rings (SSSR count). The third-order valence-electron chi connectivity index (χ3n) is 5.40. The van der Waals surface area contributed by atoms with E-state index in [-0.39, 0.29) is 0 Å². The van der Waals surface area contributed by atoms with Crippen LogP contribution >= 0.6 is 0 Å². The normalized spacial score (nSPS) is 20.3. The monoisotopic (exact) mass is 308 g/mol. The van der Waals surface area contributed by atoms with E-state index >= 15 is 0 Å². The lowest BCUT2D eigenvalue weighted by Gasteiger charge is -2.36. The van der Waals surface area contributed by atoms with Gasteiger partial charge in [-0.05, 0) is 43.4 Å². The van der Waals surface area contributed by atoms with Gasteiger partial charge in [-0.15, -0.1) is 0 Å². The minimum Gasteiger partial charge on any atom is -0.497 e. The molecule has 2 nitrogen and oxygen atoms in total. The van der Waals surface area contributed by atoms with Crippen LogP contribution in [0.15, 0.2) is 36.4 Å². The maximum absolute atomic E-state index is 6.24.